The number of aromatic nitrogens is 7. The van der Waals surface area contributed by atoms with Crippen molar-refractivity contribution in [1.29, 1.82) is 0 Å². The van der Waals surface area contributed by atoms with Gasteiger partial charge in [-0.2, -0.15) is 0 Å². The van der Waals surface area contributed by atoms with Crippen molar-refractivity contribution < 1.29 is 0 Å². The lowest BCUT2D eigenvalue weighted by atomic mass is 9.98. The third-order valence-corrected chi connectivity index (χ3v) is 9.53. The molecule has 0 aliphatic heterocycles. The van der Waals surface area contributed by atoms with Crippen molar-refractivity contribution in [1.82, 2.24) is 34.5 Å². The van der Waals surface area contributed by atoms with E-state index in [4.69, 9.17) is 19.9 Å². The molecule has 5 aromatic heterocycles. The lowest BCUT2D eigenvalue weighted by Crippen LogP contribution is -1.98. The highest BCUT2D eigenvalue weighted by Gasteiger charge is 2.21. The first-order chi connectivity index (χ1) is 26.3. The topological polar surface area (TPSA) is 82.3 Å². The van der Waals surface area contributed by atoms with Crippen molar-refractivity contribution in [2.45, 2.75) is 0 Å². The zero-order valence-corrected chi connectivity index (χ0v) is 28.4. The Morgan fingerprint density at radius 2 is 1.04 bits per heavy atom. The van der Waals surface area contributed by atoms with Crippen LogP contribution in [-0.2, 0) is 0 Å². The van der Waals surface area contributed by atoms with E-state index >= 15 is 0 Å². The molecule has 0 spiro atoms. The van der Waals surface area contributed by atoms with Crippen LogP contribution in [-0.4, -0.2) is 34.5 Å². The molecular formula is C46H29N7. The summed E-state index contributed by atoms with van der Waals surface area (Å²) in [6, 6.07) is 55.4. The number of hydrogen-bond acceptors (Lipinski definition) is 6. The van der Waals surface area contributed by atoms with Crippen LogP contribution < -0.4 is 0 Å². The molecule has 0 amide bonds. The van der Waals surface area contributed by atoms with Crippen LogP contribution in [0.5, 0.6) is 0 Å². The maximum Gasteiger partial charge on any atom is 0.160 e. The fourth-order valence-electron chi connectivity index (χ4n) is 7.06. The van der Waals surface area contributed by atoms with Gasteiger partial charge in [0, 0.05) is 45.5 Å². The highest BCUT2D eigenvalue weighted by Crippen LogP contribution is 2.40. The second-order valence-corrected chi connectivity index (χ2v) is 12.8. The highest BCUT2D eigenvalue weighted by molar-refractivity contribution is 6.20. The standard InChI is InChI=1S/C46H29N7/c1-3-13-32(14-4-1)46-52-44-41(53(46)33-15-5-2-6-16-33)26-25-35-34-17-7-8-18-36(34)49-43(42(35)44)30-21-23-31(24-22-30)45-50-39(37-19-9-11-27-47-37)29-40(51-45)38-20-10-12-28-48-38/h1-29H. The molecule has 0 radical (unpaired) electrons. The van der Waals surface area contributed by atoms with E-state index in [9.17, 15) is 0 Å². The molecule has 0 fully saturated rings. The minimum absolute atomic E-state index is 0.591. The van der Waals surface area contributed by atoms with Gasteiger partial charge in [-0.15, -0.1) is 0 Å². The number of rotatable bonds is 6. The van der Waals surface area contributed by atoms with E-state index in [0.717, 1.165) is 89.4 Å². The fraction of sp³-hybridized carbons (Fsp3) is 0. The average Bonchev–Trinajstić information content (AvgIpc) is 3.65. The second-order valence-electron chi connectivity index (χ2n) is 12.8. The Balaban J connectivity index is 1.18. The number of hydrogen-bond donors (Lipinski definition) is 0. The molecule has 0 aliphatic rings. The Hall–Kier alpha value is -7.38. The van der Waals surface area contributed by atoms with Crippen LogP contribution in [0.3, 0.4) is 0 Å². The normalized spacial score (nSPS) is 11.4. The molecule has 0 aliphatic carbocycles. The number of benzene rings is 5. The molecular weight excluding hydrogens is 651 g/mol. The van der Waals surface area contributed by atoms with Gasteiger partial charge < -0.3 is 0 Å². The van der Waals surface area contributed by atoms with Crippen LogP contribution in [0.2, 0.25) is 0 Å². The van der Waals surface area contributed by atoms with Crippen LogP contribution in [0.4, 0.5) is 0 Å². The van der Waals surface area contributed by atoms with Crippen molar-refractivity contribution in [3.05, 3.63) is 176 Å². The summed E-state index contributed by atoms with van der Waals surface area (Å²) in [5.41, 5.74) is 10.6. The first-order valence-corrected chi connectivity index (χ1v) is 17.5. The van der Waals surface area contributed by atoms with Crippen molar-refractivity contribution in [3.63, 3.8) is 0 Å². The van der Waals surface area contributed by atoms with E-state index < -0.39 is 0 Å². The van der Waals surface area contributed by atoms with Gasteiger partial charge in [-0.1, -0.05) is 109 Å². The third-order valence-electron chi connectivity index (χ3n) is 9.53. The molecule has 0 saturated heterocycles. The van der Waals surface area contributed by atoms with Crippen molar-refractivity contribution in [3.8, 4) is 62.5 Å². The van der Waals surface area contributed by atoms with Gasteiger partial charge in [0.25, 0.3) is 0 Å². The average molecular weight is 680 g/mol. The molecule has 0 N–H and O–H groups in total. The molecule has 248 valence electrons. The van der Waals surface area contributed by atoms with Crippen LogP contribution in [0, 0.1) is 0 Å². The first-order valence-electron chi connectivity index (χ1n) is 17.5. The second kappa shape index (κ2) is 12.7. The molecule has 10 rings (SSSR count). The summed E-state index contributed by atoms with van der Waals surface area (Å²) in [6.45, 7) is 0. The Morgan fingerprint density at radius 1 is 0.415 bits per heavy atom. The van der Waals surface area contributed by atoms with Crippen molar-refractivity contribution in [2.75, 3.05) is 0 Å². The van der Waals surface area contributed by atoms with Gasteiger partial charge in [0.1, 0.15) is 5.82 Å². The number of nitrogens with zero attached hydrogens (tertiary/aromatic N) is 7. The summed E-state index contributed by atoms with van der Waals surface area (Å²) in [5, 5.41) is 3.19. The molecule has 53 heavy (non-hydrogen) atoms. The molecule has 5 heterocycles. The zero-order valence-electron chi connectivity index (χ0n) is 28.4. The Labute approximate surface area is 305 Å². The predicted octanol–water partition coefficient (Wildman–Crippen LogP) is 10.6. The summed E-state index contributed by atoms with van der Waals surface area (Å²) in [6.07, 6.45) is 3.55. The highest BCUT2D eigenvalue weighted by atomic mass is 15.1. The fourth-order valence-corrected chi connectivity index (χ4v) is 7.06. The molecule has 7 nitrogen and oxygen atoms in total. The van der Waals surface area contributed by atoms with Crippen LogP contribution >= 0.6 is 0 Å². The van der Waals surface area contributed by atoms with Gasteiger partial charge in [0.05, 0.1) is 45.0 Å². The van der Waals surface area contributed by atoms with Gasteiger partial charge in [-0.25, -0.2) is 19.9 Å². The molecule has 0 bridgehead atoms. The van der Waals surface area contributed by atoms with Crippen LogP contribution in [0.15, 0.2) is 176 Å². The van der Waals surface area contributed by atoms with Gasteiger partial charge in [0.15, 0.2) is 5.82 Å². The number of pyridine rings is 3. The van der Waals surface area contributed by atoms with Crippen molar-refractivity contribution in [2.24, 2.45) is 0 Å². The smallest absolute Gasteiger partial charge is 0.160 e. The lowest BCUT2D eigenvalue weighted by Gasteiger charge is -2.13. The zero-order chi connectivity index (χ0) is 35.1. The van der Waals surface area contributed by atoms with E-state index in [-0.39, 0.29) is 0 Å². The Morgan fingerprint density at radius 3 is 1.72 bits per heavy atom. The van der Waals surface area contributed by atoms with E-state index in [1.54, 1.807) is 12.4 Å². The summed E-state index contributed by atoms with van der Waals surface area (Å²) in [7, 11) is 0. The lowest BCUT2D eigenvalue weighted by molar-refractivity contribution is 1.10. The van der Waals surface area contributed by atoms with Gasteiger partial charge in [-0.05, 0) is 60.0 Å². The third kappa shape index (κ3) is 5.39. The van der Waals surface area contributed by atoms with E-state index in [0.29, 0.717) is 5.82 Å². The summed E-state index contributed by atoms with van der Waals surface area (Å²) < 4.78 is 2.25. The van der Waals surface area contributed by atoms with Gasteiger partial charge in [-0.3, -0.25) is 14.5 Å². The maximum atomic E-state index is 5.41. The summed E-state index contributed by atoms with van der Waals surface area (Å²) >= 11 is 0. The molecule has 10 aromatic rings. The predicted molar refractivity (Wildman–Crippen MR) is 212 cm³/mol. The van der Waals surface area contributed by atoms with E-state index in [1.165, 1.54) is 0 Å². The first kappa shape index (κ1) is 30.4. The number of para-hydroxylation sites is 2. The summed E-state index contributed by atoms with van der Waals surface area (Å²) in [5.74, 6) is 1.47. The number of fused-ring (bicyclic) bond motifs is 5. The minimum Gasteiger partial charge on any atom is -0.292 e. The quantitative estimate of drug-likeness (QED) is 0.163. The van der Waals surface area contributed by atoms with Gasteiger partial charge >= 0.3 is 0 Å². The minimum atomic E-state index is 0.591. The summed E-state index contributed by atoms with van der Waals surface area (Å²) in [4.78, 5) is 29.8. The Bertz CT molecular complexity index is 2850. The molecule has 0 saturated carbocycles. The molecule has 7 heteroatoms. The van der Waals surface area contributed by atoms with E-state index in [1.807, 2.05) is 60.7 Å². The van der Waals surface area contributed by atoms with Crippen LogP contribution in [0.1, 0.15) is 0 Å². The van der Waals surface area contributed by atoms with Crippen molar-refractivity contribution >= 4 is 32.7 Å². The Kier molecular flexibility index (Phi) is 7.32. The molecule has 0 unspecified atom stereocenters. The maximum absolute atomic E-state index is 5.41. The SMILES string of the molecule is c1ccc(-c2nc3c4c(-c5ccc(-c6nc(-c7ccccn7)cc(-c7ccccn7)n6)cc5)nc5ccccc5c4ccc3n2-c2ccccc2)cc1. The monoisotopic (exact) mass is 679 g/mol. The molecule has 5 aromatic carbocycles. The molecule has 0 atom stereocenters. The van der Waals surface area contributed by atoms with Gasteiger partial charge in [0.2, 0.25) is 0 Å². The van der Waals surface area contributed by atoms with E-state index in [2.05, 4.69) is 118 Å². The van der Waals surface area contributed by atoms with Crippen LogP contribution in [0.25, 0.3) is 95.2 Å². The number of imidazole rings is 1. The largest absolute Gasteiger partial charge is 0.292 e.